The summed E-state index contributed by atoms with van der Waals surface area (Å²) >= 11 is 0. The van der Waals surface area contributed by atoms with E-state index in [1.165, 1.54) is 6.42 Å². The minimum absolute atomic E-state index is 0.150. The first-order valence-electron chi connectivity index (χ1n) is 7.70. The minimum Gasteiger partial charge on any atom is -0.504 e. The van der Waals surface area contributed by atoms with Crippen LogP contribution >= 0.6 is 0 Å². The van der Waals surface area contributed by atoms with Crippen molar-refractivity contribution >= 4 is 0 Å². The molecule has 0 aliphatic carbocycles. The molecule has 0 bridgehead atoms. The van der Waals surface area contributed by atoms with E-state index in [0.717, 1.165) is 31.5 Å². The lowest BCUT2D eigenvalue weighted by molar-refractivity contribution is 0.124. The van der Waals surface area contributed by atoms with Crippen LogP contribution in [0.4, 0.5) is 0 Å². The van der Waals surface area contributed by atoms with Gasteiger partial charge in [0, 0.05) is 6.42 Å². The van der Waals surface area contributed by atoms with Gasteiger partial charge in [0.1, 0.15) is 5.54 Å². The van der Waals surface area contributed by atoms with E-state index in [9.17, 15) is 10.4 Å². The third-order valence-corrected chi connectivity index (χ3v) is 4.17. The molecule has 1 aromatic carbocycles. The molecule has 0 radical (unpaired) electrons. The second-order valence-corrected chi connectivity index (χ2v) is 5.85. The predicted molar refractivity (Wildman–Crippen MR) is 82.4 cm³/mol. The fraction of sp³-hybridized carbons (Fsp3) is 0.588. The summed E-state index contributed by atoms with van der Waals surface area (Å²) in [5, 5.41) is 19.4. The van der Waals surface area contributed by atoms with Gasteiger partial charge < -0.3 is 9.84 Å². The molecule has 4 heteroatoms. The Bertz CT molecular complexity index is 518. The van der Waals surface area contributed by atoms with Crippen LogP contribution in [0.2, 0.25) is 0 Å². The molecule has 1 saturated heterocycles. The Hall–Kier alpha value is -1.73. The largest absolute Gasteiger partial charge is 0.504 e. The Balaban J connectivity index is 2.17. The summed E-state index contributed by atoms with van der Waals surface area (Å²) in [6, 6.07) is 7.85. The van der Waals surface area contributed by atoms with Gasteiger partial charge in [-0.3, -0.25) is 4.90 Å². The molecular weight excluding hydrogens is 264 g/mol. The summed E-state index contributed by atoms with van der Waals surface area (Å²) < 4.78 is 5.42. The number of hydrogen-bond acceptors (Lipinski definition) is 4. The van der Waals surface area contributed by atoms with E-state index in [2.05, 4.69) is 11.0 Å². The highest BCUT2D eigenvalue weighted by atomic mass is 16.5. The minimum atomic E-state index is -0.499. The van der Waals surface area contributed by atoms with Crippen LogP contribution in [0, 0.1) is 11.3 Å². The zero-order valence-corrected chi connectivity index (χ0v) is 12.9. The quantitative estimate of drug-likeness (QED) is 0.904. The molecule has 0 saturated carbocycles. The molecule has 1 atom stereocenters. The van der Waals surface area contributed by atoms with Crippen LogP contribution < -0.4 is 4.74 Å². The van der Waals surface area contributed by atoms with Crippen molar-refractivity contribution in [3.05, 3.63) is 23.8 Å². The molecule has 1 aromatic rings. The lowest BCUT2D eigenvalue weighted by Gasteiger charge is -2.38. The maximum Gasteiger partial charge on any atom is 0.161 e. The van der Waals surface area contributed by atoms with Gasteiger partial charge in [0.2, 0.25) is 0 Å². The van der Waals surface area contributed by atoms with Crippen LogP contribution in [0.5, 0.6) is 11.5 Å². The number of piperidine rings is 1. The van der Waals surface area contributed by atoms with Crippen LogP contribution in [0.25, 0.3) is 0 Å². The fourth-order valence-corrected chi connectivity index (χ4v) is 2.95. The first kappa shape index (κ1) is 15.7. The molecule has 1 aliphatic heterocycles. The second-order valence-electron chi connectivity index (χ2n) is 5.85. The van der Waals surface area contributed by atoms with Crippen molar-refractivity contribution in [2.45, 2.75) is 45.1 Å². The molecule has 4 nitrogen and oxygen atoms in total. The van der Waals surface area contributed by atoms with E-state index >= 15 is 0 Å². The van der Waals surface area contributed by atoms with Crippen LogP contribution in [0.1, 0.15) is 38.7 Å². The van der Waals surface area contributed by atoms with Gasteiger partial charge in [-0.1, -0.05) is 12.5 Å². The van der Waals surface area contributed by atoms with Gasteiger partial charge in [0.15, 0.2) is 11.5 Å². The lowest BCUT2D eigenvalue weighted by atomic mass is 9.90. The van der Waals surface area contributed by atoms with Gasteiger partial charge in [0.05, 0.1) is 12.7 Å². The van der Waals surface area contributed by atoms with Crippen LogP contribution in [0.3, 0.4) is 0 Å². The maximum absolute atomic E-state index is 9.77. The van der Waals surface area contributed by atoms with E-state index in [1.54, 1.807) is 6.07 Å². The molecule has 114 valence electrons. The van der Waals surface area contributed by atoms with E-state index < -0.39 is 5.54 Å². The topological polar surface area (TPSA) is 56.5 Å². The molecule has 21 heavy (non-hydrogen) atoms. The molecule has 0 aromatic heterocycles. The number of phenols is 1. The molecule has 1 unspecified atom stereocenters. The Morgan fingerprint density at radius 1 is 1.33 bits per heavy atom. The summed E-state index contributed by atoms with van der Waals surface area (Å²) in [5.41, 5.74) is 0.520. The van der Waals surface area contributed by atoms with Crippen molar-refractivity contribution < 1.29 is 9.84 Å². The van der Waals surface area contributed by atoms with Crippen molar-refractivity contribution in [3.8, 4) is 17.6 Å². The summed E-state index contributed by atoms with van der Waals surface area (Å²) in [7, 11) is 0. The molecule has 1 N–H and O–H groups in total. The fourth-order valence-electron chi connectivity index (χ4n) is 2.95. The number of nitriles is 1. The molecule has 0 spiro atoms. The van der Waals surface area contributed by atoms with Crippen LogP contribution in [-0.4, -0.2) is 35.2 Å². The van der Waals surface area contributed by atoms with Gasteiger partial charge in [-0.2, -0.15) is 5.26 Å². The first-order valence-corrected chi connectivity index (χ1v) is 7.70. The molecule has 0 amide bonds. The number of rotatable bonds is 5. The van der Waals surface area contributed by atoms with Gasteiger partial charge in [0.25, 0.3) is 0 Å². The number of benzene rings is 1. The normalized spacial score (nSPS) is 18.7. The summed E-state index contributed by atoms with van der Waals surface area (Å²) in [6.07, 6.45) is 4.23. The SMILES string of the molecule is CCOc1cc(CC(C)(C#N)N2CCCCC2)ccc1O. The Labute approximate surface area is 127 Å². The van der Waals surface area contributed by atoms with Crippen molar-refractivity contribution in [3.63, 3.8) is 0 Å². The smallest absolute Gasteiger partial charge is 0.161 e. The number of likely N-dealkylation sites (tertiary alicyclic amines) is 1. The summed E-state index contributed by atoms with van der Waals surface area (Å²) in [4.78, 5) is 2.28. The number of aromatic hydroxyl groups is 1. The highest BCUT2D eigenvalue weighted by molar-refractivity contribution is 5.42. The maximum atomic E-state index is 9.77. The van der Waals surface area contributed by atoms with E-state index in [1.807, 2.05) is 26.0 Å². The third kappa shape index (κ3) is 3.68. The monoisotopic (exact) mass is 288 g/mol. The number of phenolic OH excluding ortho intramolecular Hbond substituents is 1. The van der Waals surface area contributed by atoms with Gasteiger partial charge >= 0.3 is 0 Å². The summed E-state index contributed by atoms with van der Waals surface area (Å²) in [5.74, 6) is 0.645. The number of nitrogens with zero attached hydrogens (tertiary/aromatic N) is 2. The molecule has 1 aliphatic rings. The highest BCUT2D eigenvalue weighted by Crippen LogP contribution is 2.30. The number of ether oxygens (including phenoxy) is 1. The van der Waals surface area contributed by atoms with Gasteiger partial charge in [-0.15, -0.1) is 0 Å². The van der Waals surface area contributed by atoms with Crippen molar-refractivity contribution in [1.29, 1.82) is 5.26 Å². The molecular formula is C17H24N2O2. The summed E-state index contributed by atoms with van der Waals surface area (Å²) in [6.45, 7) is 6.38. The zero-order valence-electron chi connectivity index (χ0n) is 12.9. The predicted octanol–water partition coefficient (Wildman–Crippen LogP) is 3.10. The average molecular weight is 288 g/mol. The average Bonchev–Trinajstić information content (AvgIpc) is 2.51. The van der Waals surface area contributed by atoms with Crippen LogP contribution in [-0.2, 0) is 6.42 Å². The van der Waals surface area contributed by atoms with E-state index in [-0.39, 0.29) is 5.75 Å². The van der Waals surface area contributed by atoms with Gasteiger partial charge in [-0.25, -0.2) is 0 Å². The zero-order chi connectivity index (χ0) is 15.3. The molecule has 1 fully saturated rings. The Kier molecular flexibility index (Phi) is 5.08. The number of hydrogen-bond donors (Lipinski definition) is 1. The molecule has 1 heterocycles. The van der Waals surface area contributed by atoms with Crippen molar-refractivity contribution in [2.24, 2.45) is 0 Å². The lowest BCUT2D eigenvalue weighted by Crippen LogP contribution is -2.49. The van der Waals surface area contributed by atoms with Crippen LogP contribution in [0.15, 0.2) is 18.2 Å². The first-order chi connectivity index (χ1) is 10.1. The van der Waals surface area contributed by atoms with E-state index in [0.29, 0.717) is 18.8 Å². The standard InChI is InChI=1S/C17H24N2O2/c1-3-21-16-11-14(7-8-15(16)20)12-17(2,13-18)19-9-5-4-6-10-19/h7-8,11,20H,3-6,9-10,12H2,1-2H3. The van der Waals surface area contributed by atoms with Crippen molar-refractivity contribution in [1.82, 2.24) is 4.90 Å². The van der Waals surface area contributed by atoms with Crippen molar-refractivity contribution in [2.75, 3.05) is 19.7 Å². The molecule has 2 rings (SSSR count). The van der Waals surface area contributed by atoms with E-state index in [4.69, 9.17) is 4.74 Å². The highest BCUT2D eigenvalue weighted by Gasteiger charge is 2.33. The Morgan fingerprint density at radius 3 is 2.67 bits per heavy atom. The third-order valence-electron chi connectivity index (χ3n) is 4.17. The second kappa shape index (κ2) is 6.82. The van der Waals surface area contributed by atoms with Gasteiger partial charge in [-0.05, 0) is 57.5 Å². The Morgan fingerprint density at radius 2 is 2.05 bits per heavy atom.